The largest absolute Gasteiger partial charge is 0.342 e. The van der Waals surface area contributed by atoms with Gasteiger partial charge in [-0.3, -0.25) is 9.69 Å². The van der Waals surface area contributed by atoms with E-state index < -0.39 is 0 Å². The van der Waals surface area contributed by atoms with Crippen LogP contribution in [0.4, 0.5) is 0 Å². The molecule has 21 heavy (non-hydrogen) atoms. The first-order valence-electron chi connectivity index (χ1n) is 8.55. The van der Waals surface area contributed by atoms with Crippen LogP contribution in [0.5, 0.6) is 0 Å². The summed E-state index contributed by atoms with van der Waals surface area (Å²) in [6.07, 6.45) is 8.95. The van der Waals surface area contributed by atoms with Crippen molar-refractivity contribution in [3.05, 3.63) is 0 Å². The molecule has 122 valence electrons. The quantitative estimate of drug-likeness (QED) is 0.841. The molecule has 2 heterocycles. The Bertz CT molecular complexity index is 321. The van der Waals surface area contributed by atoms with Crippen LogP contribution in [-0.2, 0) is 4.79 Å². The van der Waals surface area contributed by atoms with Crippen molar-refractivity contribution < 1.29 is 4.79 Å². The number of hydrogen-bond acceptors (Lipinski definition) is 3. The Balaban J connectivity index is 0.00000161. The van der Waals surface area contributed by atoms with Gasteiger partial charge in [-0.25, -0.2) is 0 Å². The normalized spacial score (nSPS) is 24.7. The Morgan fingerprint density at radius 1 is 0.952 bits per heavy atom. The summed E-state index contributed by atoms with van der Waals surface area (Å²) in [5.74, 6) is 1.32. The molecule has 2 saturated heterocycles. The standard InChI is InChI=1S/C16H29N3O.ClH/c20-16(19-8-2-1-3-9-19)13-18-10-6-15(7-11-18)17-12-14-4-5-14;/h14-15,17H,1-13H2;1H. The first kappa shape index (κ1) is 17.0. The number of likely N-dealkylation sites (tertiary alicyclic amines) is 2. The van der Waals surface area contributed by atoms with Crippen molar-refractivity contribution in [1.82, 2.24) is 15.1 Å². The van der Waals surface area contributed by atoms with Gasteiger partial charge in [-0.1, -0.05) is 0 Å². The molecule has 0 aromatic heterocycles. The summed E-state index contributed by atoms with van der Waals surface area (Å²) in [4.78, 5) is 16.7. The van der Waals surface area contributed by atoms with Crippen LogP contribution in [0.25, 0.3) is 0 Å². The molecule has 0 spiro atoms. The molecule has 1 aliphatic carbocycles. The molecule has 0 atom stereocenters. The SMILES string of the molecule is Cl.O=C(CN1CCC(NCC2CC2)CC1)N1CCCCC1. The van der Waals surface area contributed by atoms with Crippen LogP contribution in [-0.4, -0.2) is 61.0 Å². The molecule has 3 aliphatic rings. The van der Waals surface area contributed by atoms with E-state index in [0.29, 0.717) is 18.5 Å². The summed E-state index contributed by atoms with van der Waals surface area (Å²) >= 11 is 0. The lowest BCUT2D eigenvalue weighted by molar-refractivity contribution is -0.133. The molecular weight excluding hydrogens is 286 g/mol. The number of carbonyl (C=O) groups is 1. The highest BCUT2D eigenvalue weighted by Crippen LogP contribution is 2.28. The lowest BCUT2D eigenvalue weighted by Crippen LogP contribution is -2.48. The van der Waals surface area contributed by atoms with E-state index in [2.05, 4.69) is 15.1 Å². The molecule has 5 heteroatoms. The lowest BCUT2D eigenvalue weighted by atomic mass is 10.0. The highest BCUT2D eigenvalue weighted by atomic mass is 35.5. The smallest absolute Gasteiger partial charge is 0.236 e. The molecule has 0 aromatic carbocycles. The number of nitrogens with zero attached hydrogens (tertiary/aromatic N) is 2. The number of piperidine rings is 2. The third-order valence-corrected chi connectivity index (χ3v) is 5.05. The van der Waals surface area contributed by atoms with E-state index in [1.54, 1.807) is 0 Å². The van der Waals surface area contributed by atoms with E-state index in [0.717, 1.165) is 32.1 Å². The second kappa shape index (κ2) is 8.35. The molecule has 3 rings (SSSR count). The minimum absolute atomic E-state index is 0. The van der Waals surface area contributed by atoms with Crippen molar-refractivity contribution >= 4 is 18.3 Å². The van der Waals surface area contributed by atoms with Crippen LogP contribution in [0.15, 0.2) is 0 Å². The van der Waals surface area contributed by atoms with Gasteiger partial charge in [-0.05, 0) is 57.4 Å². The van der Waals surface area contributed by atoms with Crippen LogP contribution in [0, 0.1) is 5.92 Å². The fraction of sp³-hybridized carbons (Fsp3) is 0.938. The second-order valence-electron chi connectivity index (χ2n) is 6.84. The van der Waals surface area contributed by atoms with E-state index in [9.17, 15) is 4.79 Å². The molecule has 0 bridgehead atoms. The predicted octanol–water partition coefficient (Wildman–Crippen LogP) is 1.88. The molecule has 0 unspecified atom stereocenters. The minimum atomic E-state index is 0. The molecular formula is C16H30ClN3O. The summed E-state index contributed by atoms with van der Waals surface area (Å²) in [5, 5.41) is 3.70. The number of rotatable bonds is 5. The molecule has 1 N–H and O–H groups in total. The third-order valence-electron chi connectivity index (χ3n) is 5.05. The van der Waals surface area contributed by atoms with E-state index in [4.69, 9.17) is 0 Å². The summed E-state index contributed by atoms with van der Waals surface area (Å²) in [6, 6.07) is 0.692. The number of carbonyl (C=O) groups excluding carboxylic acids is 1. The van der Waals surface area contributed by atoms with Crippen LogP contribution < -0.4 is 5.32 Å². The number of amides is 1. The van der Waals surface area contributed by atoms with E-state index in [-0.39, 0.29) is 12.4 Å². The number of hydrogen-bond donors (Lipinski definition) is 1. The van der Waals surface area contributed by atoms with Crippen molar-refractivity contribution in [1.29, 1.82) is 0 Å². The first-order chi connectivity index (χ1) is 9.81. The monoisotopic (exact) mass is 315 g/mol. The van der Waals surface area contributed by atoms with Gasteiger partial charge in [-0.2, -0.15) is 0 Å². The van der Waals surface area contributed by atoms with Gasteiger partial charge < -0.3 is 10.2 Å². The Kier molecular flexibility index (Phi) is 6.77. The van der Waals surface area contributed by atoms with Gasteiger partial charge in [-0.15, -0.1) is 12.4 Å². The highest BCUT2D eigenvalue weighted by Gasteiger charge is 2.26. The fourth-order valence-electron chi connectivity index (χ4n) is 3.39. The van der Waals surface area contributed by atoms with Crippen molar-refractivity contribution in [2.45, 2.75) is 51.0 Å². The number of nitrogens with one attached hydrogen (secondary N) is 1. The van der Waals surface area contributed by atoms with Gasteiger partial charge in [0, 0.05) is 32.2 Å². The maximum atomic E-state index is 12.2. The van der Waals surface area contributed by atoms with E-state index in [1.165, 1.54) is 51.5 Å². The first-order valence-corrected chi connectivity index (χ1v) is 8.55. The van der Waals surface area contributed by atoms with Crippen molar-refractivity contribution in [3.63, 3.8) is 0 Å². The average Bonchev–Trinajstić information content (AvgIpc) is 3.32. The average molecular weight is 316 g/mol. The second-order valence-corrected chi connectivity index (χ2v) is 6.84. The van der Waals surface area contributed by atoms with Crippen LogP contribution in [0.3, 0.4) is 0 Å². The van der Waals surface area contributed by atoms with Crippen LogP contribution in [0.1, 0.15) is 44.9 Å². The van der Waals surface area contributed by atoms with Gasteiger partial charge in [0.2, 0.25) is 5.91 Å². The molecule has 0 radical (unpaired) electrons. The van der Waals surface area contributed by atoms with Crippen molar-refractivity contribution in [3.8, 4) is 0 Å². The Morgan fingerprint density at radius 3 is 2.24 bits per heavy atom. The van der Waals surface area contributed by atoms with Crippen LogP contribution in [0.2, 0.25) is 0 Å². The maximum Gasteiger partial charge on any atom is 0.236 e. The van der Waals surface area contributed by atoms with Crippen molar-refractivity contribution in [2.24, 2.45) is 5.92 Å². The Labute approximate surface area is 135 Å². The molecule has 4 nitrogen and oxygen atoms in total. The summed E-state index contributed by atoms with van der Waals surface area (Å²) in [5.41, 5.74) is 0. The zero-order valence-corrected chi connectivity index (χ0v) is 13.9. The molecule has 3 fully saturated rings. The van der Waals surface area contributed by atoms with E-state index in [1.807, 2.05) is 0 Å². The molecule has 1 saturated carbocycles. The summed E-state index contributed by atoms with van der Waals surface area (Å²) < 4.78 is 0. The zero-order chi connectivity index (χ0) is 13.8. The minimum Gasteiger partial charge on any atom is -0.342 e. The summed E-state index contributed by atoms with van der Waals surface area (Å²) in [6.45, 7) is 6.01. The van der Waals surface area contributed by atoms with Crippen molar-refractivity contribution in [2.75, 3.05) is 39.3 Å². The molecule has 2 aliphatic heterocycles. The van der Waals surface area contributed by atoms with Gasteiger partial charge in [0.15, 0.2) is 0 Å². The number of halogens is 1. The van der Waals surface area contributed by atoms with E-state index >= 15 is 0 Å². The van der Waals surface area contributed by atoms with Gasteiger partial charge >= 0.3 is 0 Å². The third kappa shape index (κ3) is 5.42. The van der Waals surface area contributed by atoms with Gasteiger partial charge in [0.25, 0.3) is 0 Å². The van der Waals surface area contributed by atoms with Gasteiger partial charge in [0.1, 0.15) is 0 Å². The topological polar surface area (TPSA) is 35.6 Å². The zero-order valence-electron chi connectivity index (χ0n) is 13.1. The predicted molar refractivity (Wildman–Crippen MR) is 87.9 cm³/mol. The highest BCUT2D eigenvalue weighted by molar-refractivity contribution is 5.85. The molecule has 0 aromatic rings. The molecule has 1 amide bonds. The lowest BCUT2D eigenvalue weighted by Gasteiger charge is -2.34. The Hall–Kier alpha value is -0.320. The van der Waals surface area contributed by atoms with Crippen LogP contribution >= 0.6 is 12.4 Å². The van der Waals surface area contributed by atoms with Gasteiger partial charge in [0.05, 0.1) is 6.54 Å². The Morgan fingerprint density at radius 2 is 1.62 bits per heavy atom. The maximum absolute atomic E-state index is 12.2. The summed E-state index contributed by atoms with van der Waals surface area (Å²) in [7, 11) is 0. The fourth-order valence-corrected chi connectivity index (χ4v) is 3.39.